The molecule has 1 aromatic rings. The SMILES string of the molecule is CN(Cc1ccc2c(c1)CNCC2)C1CCOC1. The van der Waals surface area contributed by atoms with Crippen molar-refractivity contribution in [3.05, 3.63) is 34.9 Å². The lowest BCUT2D eigenvalue weighted by Gasteiger charge is -2.24. The quantitative estimate of drug-likeness (QED) is 0.876. The molecule has 3 rings (SSSR count). The van der Waals surface area contributed by atoms with Crippen LogP contribution in [-0.2, 0) is 24.2 Å². The summed E-state index contributed by atoms with van der Waals surface area (Å²) in [5.41, 5.74) is 4.42. The average molecular weight is 246 g/mol. The van der Waals surface area contributed by atoms with Gasteiger partial charge in [-0.2, -0.15) is 0 Å². The zero-order valence-corrected chi connectivity index (χ0v) is 11.1. The molecule has 0 aromatic heterocycles. The molecule has 2 aliphatic heterocycles. The second-order valence-corrected chi connectivity index (χ2v) is 5.46. The summed E-state index contributed by atoms with van der Waals surface area (Å²) in [6, 6.07) is 7.56. The van der Waals surface area contributed by atoms with Crippen LogP contribution < -0.4 is 5.32 Å². The number of fused-ring (bicyclic) bond motifs is 1. The average Bonchev–Trinajstić information content (AvgIpc) is 2.92. The Morgan fingerprint density at radius 1 is 1.39 bits per heavy atom. The van der Waals surface area contributed by atoms with E-state index in [4.69, 9.17) is 4.74 Å². The zero-order chi connectivity index (χ0) is 12.4. The molecule has 98 valence electrons. The van der Waals surface area contributed by atoms with Gasteiger partial charge >= 0.3 is 0 Å². The van der Waals surface area contributed by atoms with Crippen molar-refractivity contribution in [1.29, 1.82) is 0 Å². The number of rotatable bonds is 3. The Balaban J connectivity index is 1.68. The molecule has 1 atom stereocenters. The third-order valence-electron chi connectivity index (χ3n) is 4.12. The van der Waals surface area contributed by atoms with E-state index >= 15 is 0 Å². The van der Waals surface area contributed by atoms with E-state index in [-0.39, 0.29) is 0 Å². The molecule has 0 amide bonds. The molecule has 1 fully saturated rings. The van der Waals surface area contributed by atoms with Crippen LogP contribution in [0.25, 0.3) is 0 Å². The van der Waals surface area contributed by atoms with Crippen molar-refractivity contribution < 1.29 is 4.74 Å². The topological polar surface area (TPSA) is 24.5 Å². The van der Waals surface area contributed by atoms with Crippen molar-refractivity contribution in [3.8, 4) is 0 Å². The van der Waals surface area contributed by atoms with Crippen molar-refractivity contribution in [2.45, 2.75) is 32.0 Å². The number of benzene rings is 1. The van der Waals surface area contributed by atoms with E-state index in [0.29, 0.717) is 6.04 Å². The van der Waals surface area contributed by atoms with Gasteiger partial charge in [-0.15, -0.1) is 0 Å². The largest absolute Gasteiger partial charge is 0.380 e. The van der Waals surface area contributed by atoms with Crippen LogP contribution in [0, 0.1) is 0 Å². The molecule has 0 aliphatic carbocycles. The van der Waals surface area contributed by atoms with Gasteiger partial charge in [-0.3, -0.25) is 4.90 Å². The fourth-order valence-electron chi connectivity index (χ4n) is 2.92. The van der Waals surface area contributed by atoms with Crippen molar-refractivity contribution in [3.63, 3.8) is 0 Å². The van der Waals surface area contributed by atoms with Gasteiger partial charge in [0.2, 0.25) is 0 Å². The van der Waals surface area contributed by atoms with Crippen LogP contribution >= 0.6 is 0 Å². The van der Waals surface area contributed by atoms with E-state index < -0.39 is 0 Å². The first-order chi connectivity index (χ1) is 8.83. The van der Waals surface area contributed by atoms with E-state index in [1.807, 2.05) is 0 Å². The van der Waals surface area contributed by atoms with E-state index in [9.17, 15) is 0 Å². The summed E-state index contributed by atoms with van der Waals surface area (Å²) in [4.78, 5) is 2.42. The molecule has 2 heterocycles. The molecular formula is C15H22N2O. The van der Waals surface area contributed by atoms with Crippen LogP contribution in [0.1, 0.15) is 23.1 Å². The molecule has 1 N–H and O–H groups in total. The van der Waals surface area contributed by atoms with E-state index in [0.717, 1.165) is 32.8 Å². The van der Waals surface area contributed by atoms with Crippen LogP contribution in [0.15, 0.2) is 18.2 Å². The molecule has 1 saturated heterocycles. The summed E-state index contributed by atoms with van der Waals surface area (Å²) < 4.78 is 5.45. The number of ether oxygens (including phenoxy) is 1. The summed E-state index contributed by atoms with van der Waals surface area (Å²) in [5.74, 6) is 0. The van der Waals surface area contributed by atoms with E-state index in [1.165, 1.54) is 29.5 Å². The van der Waals surface area contributed by atoms with Gasteiger partial charge in [-0.05, 0) is 43.1 Å². The third-order valence-corrected chi connectivity index (χ3v) is 4.12. The van der Waals surface area contributed by atoms with Crippen LogP contribution in [0.3, 0.4) is 0 Å². The molecular weight excluding hydrogens is 224 g/mol. The highest BCUT2D eigenvalue weighted by Gasteiger charge is 2.20. The van der Waals surface area contributed by atoms with Crippen molar-refractivity contribution in [2.24, 2.45) is 0 Å². The molecule has 0 bridgehead atoms. The van der Waals surface area contributed by atoms with Gasteiger partial charge < -0.3 is 10.1 Å². The maximum atomic E-state index is 5.45. The first kappa shape index (κ1) is 12.2. The summed E-state index contributed by atoms with van der Waals surface area (Å²) in [6.07, 6.45) is 2.34. The highest BCUT2D eigenvalue weighted by Crippen LogP contribution is 2.19. The molecule has 3 heteroatoms. The second kappa shape index (κ2) is 5.39. The lowest BCUT2D eigenvalue weighted by Crippen LogP contribution is -2.31. The maximum Gasteiger partial charge on any atom is 0.0622 e. The second-order valence-electron chi connectivity index (χ2n) is 5.46. The Kier molecular flexibility index (Phi) is 3.64. The highest BCUT2D eigenvalue weighted by atomic mass is 16.5. The van der Waals surface area contributed by atoms with Crippen molar-refractivity contribution >= 4 is 0 Å². The molecule has 0 radical (unpaired) electrons. The highest BCUT2D eigenvalue weighted by molar-refractivity contribution is 5.33. The molecule has 0 saturated carbocycles. The Hall–Kier alpha value is -0.900. The van der Waals surface area contributed by atoms with Gasteiger partial charge in [-0.25, -0.2) is 0 Å². The minimum Gasteiger partial charge on any atom is -0.380 e. The van der Waals surface area contributed by atoms with Crippen LogP contribution in [0.4, 0.5) is 0 Å². The van der Waals surface area contributed by atoms with Crippen molar-refractivity contribution in [1.82, 2.24) is 10.2 Å². The number of hydrogen-bond donors (Lipinski definition) is 1. The number of nitrogens with one attached hydrogen (secondary N) is 1. The minimum atomic E-state index is 0.596. The predicted molar refractivity (Wildman–Crippen MR) is 72.5 cm³/mol. The molecule has 1 aromatic carbocycles. The van der Waals surface area contributed by atoms with Crippen LogP contribution in [0.2, 0.25) is 0 Å². The van der Waals surface area contributed by atoms with Gasteiger partial charge in [-0.1, -0.05) is 18.2 Å². The van der Waals surface area contributed by atoms with Gasteiger partial charge in [0.25, 0.3) is 0 Å². The summed E-state index contributed by atoms with van der Waals surface area (Å²) in [7, 11) is 2.21. The lowest BCUT2D eigenvalue weighted by molar-refractivity contribution is 0.156. The Labute approximate surface area is 109 Å². The summed E-state index contributed by atoms with van der Waals surface area (Å²) in [5, 5.41) is 3.44. The normalized spacial score (nSPS) is 23.3. The smallest absolute Gasteiger partial charge is 0.0622 e. The number of nitrogens with zero attached hydrogens (tertiary/aromatic N) is 1. The van der Waals surface area contributed by atoms with Crippen LogP contribution in [-0.4, -0.2) is 37.7 Å². The molecule has 18 heavy (non-hydrogen) atoms. The summed E-state index contributed by atoms with van der Waals surface area (Å²) in [6.45, 7) is 4.98. The van der Waals surface area contributed by atoms with Crippen molar-refractivity contribution in [2.75, 3.05) is 26.8 Å². The van der Waals surface area contributed by atoms with Gasteiger partial charge in [0.15, 0.2) is 0 Å². The van der Waals surface area contributed by atoms with Gasteiger partial charge in [0.1, 0.15) is 0 Å². The predicted octanol–water partition coefficient (Wildman–Crippen LogP) is 1.55. The first-order valence-corrected chi connectivity index (χ1v) is 6.92. The van der Waals surface area contributed by atoms with Gasteiger partial charge in [0.05, 0.1) is 6.61 Å². The number of hydrogen-bond acceptors (Lipinski definition) is 3. The van der Waals surface area contributed by atoms with E-state index in [1.54, 1.807) is 0 Å². The Bertz CT molecular complexity index is 413. The fourth-order valence-corrected chi connectivity index (χ4v) is 2.92. The minimum absolute atomic E-state index is 0.596. The monoisotopic (exact) mass is 246 g/mol. The Morgan fingerprint density at radius 3 is 3.17 bits per heavy atom. The molecule has 1 unspecified atom stereocenters. The van der Waals surface area contributed by atoms with E-state index in [2.05, 4.69) is 35.5 Å². The summed E-state index contributed by atoms with van der Waals surface area (Å²) >= 11 is 0. The molecule has 0 spiro atoms. The van der Waals surface area contributed by atoms with Crippen LogP contribution in [0.5, 0.6) is 0 Å². The Morgan fingerprint density at radius 2 is 2.33 bits per heavy atom. The standard InChI is InChI=1S/C15H22N2O/c1-17(15-5-7-18-11-15)10-12-2-3-13-4-6-16-9-14(13)8-12/h2-3,8,15-16H,4-7,9-11H2,1H3. The first-order valence-electron chi connectivity index (χ1n) is 6.92. The zero-order valence-electron chi connectivity index (χ0n) is 11.1. The number of likely N-dealkylation sites (N-methyl/N-ethyl adjacent to an activating group) is 1. The van der Waals surface area contributed by atoms with Gasteiger partial charge in [0, 0.05) is 25.7 Å². The molecule has 2 aliphatic rings. The molecule has 3 nitrogen and oxygen atoms in total. The fraction of sp³-hybridized carbons (Fsp3) is 0.600. The third kappa shape index (κ3) is 2.58. The maximum absolute atomic E-state index is 5.45. The lowest BCUT2D eigenvalue weighted by atomic mass is 9.98.